The fourth-order valence-corrected chi connectivity index (χ4v) is 2.78. The van der Waals surface area contributed by atoms with Crippen LogP contribution in [-0.2, 0) is 19.4 Å². The molecular weight excluding hydrogens is 250 g/mol. The van der Waals surface area contributed by atoms with E-state index in [4.69, 9.17) is 0 Å². The van der Waals surface area contributed by atoms with Gasteiger partial charge in [0.05, 0.1) is 6.33 Å². The molecule has 0 spiro atoms. The van der Waals surface area contributed by atoms with E-state index < -0.39 is 0 Å². The maximum Gasteiger partial charge on any atom is 0.251 e. The van der Waals surface area contributed by atoms with Crippen molar-refractivity contribution in [1.82, 2.24) is 14.9 Å². The first kappa shape index (κ1) is 12.9. The number of carbonyl (C=O) groups excluding carboxylic acids is 1. The highest BCUT2D eigenvalue weighted by molar-refractivity contribution is 5.94. The van der Waals surface area contributed by atoms with Gasteiger partial charge in [-0.2, -0.15) is 0 Å². The molecule has 1 aliphatic carbocycles. The Bertz CT molecular complexity index is 604. The third kappa shape index (κ3) is 2.74. The van der Waals surface area contributed by atoms with E-state index in [1.165, 1.54) is 17.5 Å². The van der Waals surface area contributed by atoms with Crippen LogP contribution < -0.4 is 5.32 Å². The standard InChI is InChI=1S/C16H19N3O/c1-12(10-19-8-7-17-11-19)18-16(20)15-6-5-13-3-2-4-14(13)9-15/h5-9,11-12H,2-4,10H2,1H3,(H,18,20)/t12-/m1/s1. The van der Waals surface area contributed by atoms with Crippen molar-refractivity contribution >= 4 is 5.91 Å². The molecular formula is C16H19N3O. The van der Waals surface area contributed by atoms with Gasteiger partial charge in [0.2, 0.25) is 0 Å². The van der Waals surface area contributed by atoms with Gasteiger partial charge in [-0.25, -0.2) is 4.98 Å². The second-order valence-electron chi connectivity index (χ2n) is 5.47. The predicted molar refractivity (Wildman–Crippen MR) is 77.6 cm³/mol. The van der Waals surface area contributed by atoms with Crippen molar-refractivity contribution in [2.45, 2.75) is 38.8 Å². The largest absolute Gasteiger partial charge is 0.348 e. The monoisotopic (exact) mass is 269 g/mol. The Morgan fingerprint density at radius 1 is 1.40 bits per heavy atom. The van der Waals surface area contributed by atoms with Crippen molar-refractivity contribution in [2.24, 2.45) is 0 Å². The minimum atomic E-state index is 0.00677. The number of carbonyl (C=O) groups is 1. The Hall–Kier alpha value is -2.10. The number of imidazole rings is 1. The summed E-state index contributed by atoms with van der Waals surface area (Å²) in [7, 11) is 0. The van der Waals surface area contributed by atoms with Gasteiger partial charge in [0.15, 0.2) is 0 Å². The predicted octanol–water partition coefficient (Wildman–Crippen LogP) is 2.19. The molecule has 1 aromatic carbocycles. The second-order valence-corrected chi connectivity index (χ2v) is 5.47. The van der Waals surface area contributed by atoms with Crippen LogP contribution in [0.1, 0.15) is 34.8 Å². The first-order valence-electron chi connectivity index (χ1n) is 7.11. The minimum Gasteiger partial charge on any atom is -0.348 e. The molecule has 1 heterocycles. The highest BCUT2D eigenvalue weighted by Gasteiger charge is 2.15. The van der Waals surface area contributed by atoms with E-state index in [1.54, 1.807) is 12.5 Å². The molecule has 0 bridgehead atoms. The molecule has 1 amide bonds. The lowest BCUT2D eigenvalue weighted by atomic mass is 10.1. The van der Waals surface area contributed by atoms with Gasteiger partial charge in [-0.1, -0.05) is 6.07 Å². The van der Waals surface area contributed by atoms with Crippen LogP contribution in [0.4, 0.5) is 0 Å². The van der Waals surface area contributed by atoms with Crippen LogP contribution in [0.2, 0.25) is 0 Å². The first-order valence-corrected chi connectivity index (χ1v) is 7.11. The summed E-state index contributed by atoms with van der Waals surface area (Å²) in [6, 6.07) is 6.15. The van der Waals surface area contributed by atoms with Crippen molar-refractivity contribution in [1.29, 1.82) is 0 Å². The third-order valence-electron chi connectivity index (χ3n) is 3.78. The molecule has 1 aliphatic rings. The maximum absolute atomic E-state index is 12.2. The van der Waals surface area contributed by atoms with Gasteiger partial charge < -0.3 is 9.88 Å². The van der Waals surface area contributed by atoms with Gasteiger partial charge in [-0.3, -0.25) is 4.79 Å². The average molecular weight is 269 g/mol. The van der Waals surface area contributed by atoms with Crippen LogP contribution in [0, 0.1) is 0 Å². The van der Waals surface area contributed by atoms with Crippen LogP contribution in [0.5, 0.6) is 0 Å². The number of rotatable bonds is 4. The Labute approximate surface area is 118 Å². The molecule has 0 aliphatic heterocycles. The van der Waals surface area contributed by atoms with E-state index in [0.29, 0.717) is 0 Å². The van der Waals surface area contributed by atoms with Crippen molar-refractivity contribution in [3.8, 4) is 0 Å². The fourth-order valence-electron chi connectivity index (χ4n) is 2.78. The van der Waals surface area contributed by atoms with Crippen molar-refractivity contribution in [3.63, 3.8) is 0 Å². The molecule has 1 aromatic heterocycles. The second kappa shape index (κ2) is 5.49. The zero-order valence-electron chi connectivity index (χ0n) is 11.7. The lowest BCUT2D eigenvalue weighted by Crippen LogP contribution is -2.35. The van der Waals surface area contributed by atoms with Gasteiger partial charge in [-0.15, -0.1) is 0 Å². The highest BCUT2D eigenvalue weighted by atomic mass is 16.1. The Morgan fingerprint density at radius 3 is 3.05 bits per heavy atom. The van der Waals surface area contributed by atoms with Gasteiger partial charge in [0, 0.05) is 30.5 Å². The van der Waals surface area contributed by atoms with Gasteiger partial charge in [-0.05, 0) is 49.4 Å². The van der Waals surface area contributed by atoms with Gasteiger partial charge in [0.1, 0.15) is 0 Å². The number of benzene rings is 1. The minimum absolute atomic E-state index is 0.00677. The molecule has 0 radical (unpaired) electrons. The lowest BCUT2D eigenvalue weighted by molar-refractivity contribution is 0.0936. The highest BCUT2D eigenvalue weighted by Crippen LogP contribution is 2.22. The van der Waals surface area contributed by atoms with Crippen LogP contribution in [0.25, 0.3) is 0 Å². The van der Waals surface area contributed by atoms with Gasteiger partial charge in [0.25, 0.3) is 5.91 Å². The molecule has 104 valence electrons. The molecule has 0 saturated carbocycles. The third-order valence-corrected chi connectivity index (χ3v) is 3.78. The zero-order valence-corrected chi connectivity index (χ0v) is 11.7. The van der Waals surface area contributed by atoms with E-state index in [0.717, 1.165) is 24.9 Å². The van der Waals surface area contributed by atoms with Crippen molar-refractivity contribution < 1.29 is 4.79 Å². The molecule has 4 heteroatoms. The normalized spacial score (nSPS) is 14.8. The van der Waals surface area contributed by atoms with Crippen LogP contribution in [0.15, 0.2) is 36.9 Å². The summed E-state index contributed by atoms with van der Waals surface area (Å²) in [6.45, 7) is 2.74. The lowest BCUT2D eigenvalue weighted by Gasteiger charge is -2.15. The Balaban J connectivity index is 1.64. The van der Waals surface area contributed by atoms with E-state index in [2.05, 4.69) is 16.4 Å². The van der Waals surface area contributed by atoms with E-state index in [1.807, 2.05) is 29.8 Å². The fraction of sp³-hybridized carbons (Fsp3) is 0.375. The first-order chi connectivity index (χ1) is 9.72. The maximum atomic E-state index is 12.2. The number of nitrogens with one attached hydrogen (secondary N) is 1. The quantitative estimate of drug-likeness (QED) is 0.925. The van der Waals surface area contributed by atoms with Crippen molar-refractivity contribution in [3.05, 3.63) is 53.6 Å². The zero-order chi connectivity index (χ0) is 13.9. The molecule has 1 atom stereocenters. The summed E-state index contributed by atoms with van der Waals surface area (Å²) in [5, 5.41) is 3.04. The van der Waals surface area contributed by atoms with Gasteiger partial charge >= 0.3 is 0 Å². The van der Waals surface area contributed by atoms with Crippen LogP contribution in [-0.4, -0.2) is 21.5 Å². The number of aromatic nitrogens is 2. The van der Waals surface area contributed by atoms with E-state index >= 15 is 0 Å². The van der Waals surface area contributed by atoms with Crippen molar-refractivity contribution in [2.75, 3.05) is 0 Å². The number of nitrogens with zero attached hydrogens (tertiary/aromatic N) is 2. The van der Waals surface area contributed by atoms with E-state index in [9.17, 15) is 4.79 Å². The number of hydrogen-bond acceptors (Lipinski definition) is 2. The number of aryl methyl sites for hydroxylation is 2. The molecule has 20 heavy (non-hydrogen) atoms. The summed E-state index contributed by atoms with van der Waals surface area (Å²) in [6.07, 6.45) is 8.86. The molecule has 0 unspecified atom stereocenters. The number of hydrogen-bond donors (Lipinski definition) is 1. The summed E-state index contributed by atoms with van der Waals surface area (Å²) in [4.78, 5) is 16.2. The summed E-state index contributed by atoms with van der Waals surface area (Å²) in [5.74, 6) is 0.00677. The summed E-state index contributed by atoms with van der Waals surface area (Å²) in [5.41, 5.74) is 3.50. The smallest absolute Gasteiger partial charge is 0.251 e. The van der Waals surface area contributed by atoms with Crippen LogP contribution in [0.3, 0.4) is 0 Å². The SMILES string of the molecule is C[C@H](Cn1ccnc1)NC(=O)c1ccc2c(c1)CCC2. The van der Waals surface area contributed by atoms with E-state index in [-0.39, 0.29) is 11.9 Å². The Morgan fingerprint density at radius 2 is 2.25 bits per heavy atom. The average Bonchev–Trinajstić information content (AvgIpc) is 3.07. The Kier molecular flexibility index (Phi) is 3.54. The molecule has 3 rings (SSSR count). The number of amides is 1. The molecule has 1 N–H and O–H groups in total. The topological polar surface area (TPSA) is 46.9 Å². The molecule has 0 saturated heterocycles. The molecule has 0 fully saturated rings. The number of fused-ring (bicyclic) bond motifs is 1. The summed E-state index contributed by atoms with van der Waals surface area (Å²) < 4.78 is 1.97. The molecule has 4 nitrogen and oxygen atoms in total. The summed E-state index contributed by atoms with van der Waals surface area (Å²) >= 11 is 0. The van der Waals surface area contributed by atoms with Crippen LogP contribution >= 0.6 is 0 Å². The molecule has 2 aromatic rings.